The second kappa shape index (κ2) is 6.48. The molecule has 0 aliphatic heterocycles. The molecule has 0 aliphatic rings. The highest BCUT2D eigenvalue weighted by Gasteiger charge is 2.21. The molecule has 0 atom stereocenters. The zero-order chi connectivity index (χ0) is 23.4. The Morgan fingerprint density at radius 2 is 1.53 bits per heavy atom. The van der Waals surface area contributed by atoms with Gasteiger partial charge in [0.05, 0.1) is 22.1 Å². The van der Waals surface area contributed by atoms with Gasteiger partial charge in [-0.05, 0) is 71.2 Å². The fourth-order valence-corrected chi connectivity index (χ4v) is 6.11. The van der Waals surface area contributed by atoms with Crippen molar-refractivity contribution in [3.05, 3.63) is 83.6 Å². The topological polar surface area (TPSA) is 17.3 Å². The number of benzene rings is 4. The van der Waals surface area contributed by atoms with Gasteiger partial charge in [0.1, 0.15) is 0 Å². The Morgan fingerprint density at radius 3 is 2.35 bits per heavy atom. The first kappa shape index (κ1) is 19.8. The molecule has 0 radical (unpaired) electrons. The van der Waals surface area contributed by atoms with E-state index >= 15 is 0 Å². The first-order valence-electron chi connectivity index (χ1n) is 12.2. The molecule has 0 unspecified atom stereocenters. The molecule has 34 heavy (non-hydrogen) atoms. The lowest BCUT2D eigenvalue weighted by molar-refractivity contribution is 0.411. The highest BCUT2D eigenvalue weighted by atomic mass is 14.9. The van der Waals surface area contributed by atoms with E-state index in [1.165, 1.54) is 70.9 Å². The molecule has 0 bridgehead atoms. The summed E-state index contributed by atoms with van der Waals surface area (Å²) in [6.07, 6.45) is 3.02. The maximum atomic E-state index is 4.95. The molecule has 2 nitrogen and oxygen atoms in total. The van der Waals surface area contributed by atoms with Gasteiger partial charge in [-0.2, -0.15) is 0 Å². The minimum atomic E-state index is 0.243. The van der Waals surface area contributed by atoms with Crippen LogP contribution >= 0.6 is 0 Å². The Hall–Kier alpha value is -3.65. The average molecular weight is 441 g/mol. The van der Waals surface area contributed by atoms with Gasteiger partial charge in [0.15, 0.2) is 0 Å². The molecule has 166 valence electrons. The number of hydrogen-bond donors (Lipinski definition) is 0. The van der Waals surface area contributed by atoms with Crippen LogP contribution < -0.4 is 0 Å². The van der Waals surface area contributed by atoms with Crippen molar-refractivity contribution in [1.82, 2.24) is 9.38 Å². The lowest BCUT2D eigenvalue weighted by atomic mass is 9.88. The quantitative estimate of drug-likeness (QED) is 0.184. The van der Waals surface area contributed by atoms with Crippen molar-refractivity contribution in [1.29, 1.82) is 0 Å². The molecule has 0 N–H and O–H groups in total. The van der Waals surface area contributed by atoms with Crippen LogP contribution in [0.2, 0.25) is 0 Å². The van der Waals surface area contributed by atoms with Crippen molar-refractivity contribution in [3.8, 4) is 0 Å². The van der Waals surface area contributed by atoms with Crippen LogP contribution in [0.15, 0.2) is 66.9 Å². The van der Waals surface area contributed by atoms with Gasteiger partial charge in [0.25, 0.3) is 0 Å². The number of rotatable bonds is 1. The maximum Gasteiger partial charge on any atom is 0.0823 e. The number of nitrogens with zero attached hydrogens (tertiary/aromatic N) is 2. The third kappa shape index (κ3) is 2.60. The molecule has 0 saturated heterocycles. The van der Waals surface area contributed by atoms with Crippen LogP contribution in [0.3, 0.4) is 0 Å². The lowest BCUT2D eigenvalue weighted by Gasteiger charge is -2.18. The average Bonchev–Trinajstić information content (AvgIpc) is 3.12. The van der Waals surface area contributed by atoms with Gasteiger partial charge in [0.2, 0.25) is 0 Å². The number of aromatic nitrogens is 2. The van der Waals surface area contributed by atoms with E-state index in [1.807, 2.05) is 6.20 Å². The van der Waals surface area contributed by atoms with E-state index in [-0.39, 0.29) is 5.41 Å². The predicted molar refractivity (Wildman–Crippen MR) is 147 cm³/mol. The molecule has 0 fully saturated rings. The summed E-state index contributed by atoms with van der Waals surface area (Å²) in [5.74, 6) is 0. The van der Waals surface area contributed by atoms with Gasteiger partial charge in [-0.1, -0.05) is 68.8 Å². The normalized spacial score (nSPS) is 13.0. The monoisotopic (exact) mass is 440 g/mol. The van der Waals surface area contributed by atoms with Gasteiger partial charge >= 0.3 is 0 Å². The van der Waals surface area contributed by atoms with Crippen LogP contribution in [-0.4, -0.2) is 9.38 Å². The number of pyridine rings is 2. The molecule has 0 amide bonds. The molecule has 4 aromatic carbocycles. The summed E-state index contributed by atoms with van der Waals surface area (Å²) in [5.41, 5.74) is 9.24. The standard InChI is InChI=1S/C32H28N2/c1-18-6-8-22-16-26-29-28-21(12-13-33-29)9-11-24-23-10-7-20(17-32(3,4)5)15-27(23)34(31(24)28)30(26)19(2)25(22)14-18/h6-16H,17H2,1-5H3. The van der Waals surface area contributed by atoms with Crippen molar-refractivity contribution >= 4 is 59.8 Å². The fourth-order valence-electron chi connectivity index (χ4n) is 6.11. The van der Waals surface area contributed by atoms with Gasteiger partial charge in [-0.3, -0.25) is 4.98 Å². The smallest absolute Gasteiger partial charge is 0.0823 e. The van der Waals surface area contributed by atoms with Gasteiger partial charge < -0.3 is 4.40 Å². The van der Waals surface area contributed by atoms with E-state index in [4.69, 9.17) is 4.98 Å². The molecule has 7 rings (SSSR count). The fraction of sp³-hybridized carbons (Fsp3) is 0.219. The summed E-state index contributed by atoms with van der Waals surface area (Å²) >= 11 is 0. The molecule has 0 aliphatic carbocycles. The lowest BCUT2D eigenvalue weighted by Crippen LogP contribution is -2.09. The van der Waals surface area contributed by atoms with Crippen LogP contribution in [-0.2, 0) is 6.42 Å². The minimum absolute atomic E-state index is 0.243. The number of aryl methyl sites for hydroxylation is 2. The first-order chi connectivity index (χ1) is 16.3. The Morgan fingerprint density at radius 1 is 0.735 bits per heavy atom. The summed E-state index contributed by atoms with van der Waals surface area (Å²) in [6, 6.07) is 22.9. The van der Waals surface area contributed by atoms with E-state index in [0.717, 1.165) is 11.9 Å². The van der Waals surface area contributed by atoms with E-state index in [9.17, 15) is 0 Å². The van der Waals surface area contributed by atoms with Crippen LogP contribution in [0.4, 0.5) is 0 Å². The first-order valence-corrected chi connectivity index (χ1v) is 12.2. The number of hydrogen-bond acceptors (Lipinski definition) is 1. The van der Waals surface area contributed by atoms with E-state index in [1.54, 1.807) is 0 Å². The highest BCUT2D eigenvalue weighted by molar-refractivity contribution is 6.28. The van der Waals surface area contributed by atoms with E-state index < -0.39 is 0 Å². The van der Waals surface area contributed by atoms with Crippen LogP contribution in [0, 0.1) is 19.3 Å². The van der Waals surface area contributed by atoms with Crippen LogP contribution in [0.25, 0.3) is 59.8 Å². The molecular formula is C32H28N2. The van der Waals surface area contributed by atoms with E-state index in [0.29, 0.717) is 0 Å². The third-order valence-corrected chi connectivity index (χ3v) is 7.46. The number of fused-ring (bicyclic) bond motifs is 7. The minimum Gasteiger partial charge on any atom is -0.308 e. The second-order valence-corrected chi connectivity index (χ2v) is 11.3. The zero-order valence-electron chi connectivity index (χ0n) is 20.5. The Bertz CT molecular complexity index is 1930. The summed E-state index contributed by atoms with van der Waals surface area (Å²) in [4.78, 5) is 4.95. The van der Waals surface area contributed by atoms with Gasteiger partial charge in [-0.25, -0.2) is 0 Å². The molecule has 2 heteroatoms. The van der Waals surface area contributed by atoms with Crippen molar-refractivity contribution in [2.75, 3.05) is 0 Å². The molecule has 0 saturated carbocycles. The Labute approximate surface area is 199 Å². The summed E-state index contributed by atoms with van der Waals surface area (Å²) in [6.45, 7) is 11.4. The van der Waals surface area contributed by atoms with Gasteiger partial charge in [0, 0.05) is 27.7 Å². The Balaban J connectivity index is 1.80. The molecule has 0 spiro atoms. The van der Waals surface area contributed by atoms with Crippen LogP contribution in [0.5, 0.6) is 0 Å². The van der Waals surface area contributed by atoms with Crippen LogP contribution in [0.1, 0.15) is 37.5 Å². The second-order valence-electron chi connectivity index (χ2n) is 11.3. The molecule has 3 aromatic heterocycles. The van der Waals surface area contributed by atoms with Crippen molar-refractivity contribution in [3.63, 3.8) is 0 Å². The summed E-state index contributed by atoms with van der Waals surface area (Å²) in [5, 5.41) is 9.00. The van der Waals surface area contributed by atoms with Crippen molar-refractivity contribution < 1.29 is 0 Å². The third-order valence-electron chi connectivity index (χ3n) is 7.46. The maximum absolute atomic E-state index is 4.95. The summed E-state index contributed by atoms with van der Waals surface area (Å²) in [7, 11) is 0. The Kier molecular flexibility index (Phi) is 3.77. The van der Waals surface area contributed by atoms with Crippen molar-refractivity contribution in [2.24, 2.45) is 5.41 Å². The largest absolute Gasteiger partial charge is 0.308 e. The van der Waals surface area contributed by atoms with E-state index in [2.05, 4.69) is 99.7 Å². The van der Waals surface area contributed by atoms with Gasteiger partial charge in [-0.15, -0.1) is 0 Å². The molecule has 7 aromatic rings. The highest BCUT2D eigenvalue weighted by Crippen LogP contribution is 2.43. The molecular weight excluding hydrogens is 412 g/mol. The SMILES string of the molecule is Cc1ccc2cc3c4nccc5ccc6c7ccc(CC(C)(C)C)cc7n(c3c(C)c2c1)c6c54. The predicted octanol–water partition coefficient (Wildman–Crippen LogP) is 8.74. The van der Waals surface area contributed by atoms with Crippen molar-refractivity contribution in [2.45, 2.75) is 41.0 Å². The molecule has 3 heterocycles. The summed E-state index contributed by atoms with van der Waals surface area (Å²) < 4.78 is 2.54. The zero-order valence-corrected chi connectivity index (χ0v) is 20.5.